The van der Waals surface area contributed by atoms with Crippen molar-refractivity contribution in [3.63, 3.8) is 0 Å². The van der Waals surface area contributed by atoms with Gasteiger partial charge >= 0.3 is 6.61 Å². The van der Waals surface area contributed by atoms with Crippen LogP contribution in [-0.4, -0.2) is 44.6 Å². The highest BCUT2D eigenvalue weighted by molar-refractivity contribution is 7.87. The van der Waals surface area contributed by atoms with E-state index in [9.17, 15) is 17.2 Å². The predicted molar refractivity (Wildman–Crippen MR) is 80.4 cm³/mol. The molecule has 130 valence electrons. The molecule has 0 aliphatic carbocycles. The number of nitrogens with zero attached hydrogens (tertiary/aromatic N) is 1. The molecule has 1 aliphatic heterocycles. The van der Waals surface area contributed by atoms with Crippen molar-refractivity contribution in [2.45, 2.75) is 39.2 Å². The molecule has 23 heavy (non-hydrogen) atoms. The monoisotopic (exact) mass is 350 g/mol. The summed E-state index contributed by atoms with van der Waals surface area (Å²) < 4.78 is 63.0. The molecule has 0 bridgehead atoms. The van der Waals surface area contributed by atoms with Crippen molar-refractivity contribution >= 4 is 10.2 Å². The lowest BCUT2D eigenvalue weighted by atomic mass is 10.2. The molecule has 1 saturated heterocycles. The maximum absolute atomic E-state index is 12.4. The average Bonchev–Trinajstić information content (AvgIpc) is 2.45. The molecule has 6 nitrogen and oxygen atoms in total. The summed E-state index contributed by atoms with van der Waals surface area (Å²) in [4.78, 5) is 0. The van der Waals surface area contributed by atoms with Crippen LogP contribution in [0.5, 0.6) is 5.75 Å². The second-order valence-electron chi connectivity index (χ2n) is 5.39. The molecule has 0 aromatic heterocycles. The second kappa shape index (κ2) is 7.52. The van der Waals surface area contributed by atoms with Gasteiger partial charge in [0.15, 0.2) is 0 Å². The van der Waals surface area contributed by atoms with E-state index in [1.54, 1.807) is 26.0 Å². The number of nitrogens with one attached hydrogen (secondary N) is 1. The topological polar surface area (TPSA) is 67.9 Å². The summed E-state index contributed by atoms with van der Waals surface area (Å²) >= 11 is 0. The smallest absolute Gasteiger partial charge is 0.387 e. The molecule has 0 amide bonds. The van der Waals surface area contributed by atoms with E-state index in [4.69, 9.17) is 4.74 Å². The molecule has 2 rings (SSSR count). The SMILES string of the molecule is C[C@@H]1CN(S(=O)(=O)NCc2ccccc2OC(F)F)C[C@@H](C)O1. The Balaban J connectivity index is 2.05. The Morgan fingerprint density at radius 1 is 1.30 bits per heavy atom. The number of alkyl halides is 2. The van der Waals surface area contributed by atoms with Gasteiger partial charge in [0.05, 0.1) is 12.2 Å². The Bertz CT molecular complexity index is 617. The van der Waals surface area contributed by atoms with Crippen LogP contribution in [0.15, 0.2) is 24.3 Å². The first-order valence-electron chi connectivity index (χ1n) is 7.21. The maximum Gasteiger partial charge on any atom is 0.387 e. The standard InChI is InChI=1S/C14H20F2N2O4S/c1-10-8-18(9-11(2)21-10)23(19,20)17-7-12-5-3-4-6-13(12)22-14(15)16/h3-6,10-11,14,17H,7-9H2,1-2H3/t10-,11-/m1/s1. The molecule has 1 aromatic carbocycles. The number of para-hydroxylation sites is 1. The summed E-state index contributed by atoms with van der Waals surface area (Å²) in [6, 6.07) is 6.07. The first-order valence-corrected chi connectivity index (χ1v) is 8.65. The summed E-state index contributed by atoms with van der Waals surface area (Å²) in [5, 5.41) is 0. The number of rotatable bonds is 6. The van der Waals surface area contributed by atoms with E-state index in [1.165, 1.54) is 16.4 Å². The Morgan fingerprint density at radius 3 is 2.52 bits per heavy atom. The van der Waals surface area contributed by atoms with Crippen LogP contribution in [0.3, 0.4) is 0 Å². The third-order valence-electron chi connectivity index (χ3n) is 3.36. The molecule has 0 saturated carbocycles. The third kappa shape index (κ3) is 5.10. The van der Waals surface area contributed by atoms with E-state index in [1.807, 2.05) is 0 Å². The van der Waals surface area contributed by atoms with Gasteiger partial charge in [0.2, 0.25) is 0 Å². The van der Waals surface area contributed by atoms with Gasteiger partial charge in [-0.15, -0.1) is 0 Å². The highest BCUT2D eigenvalue weighted by Crippen LogP contribution is 2.21. The summed E-state index contributed by atoms with van der Waals surface area (Å²) in [5.74, 6) is -0.0473. The van der Waals surface area contributed by atoms with E-state index < -0.39 is 16.8 Å². The summed E-state index contributed by atoms with van der Waals surface area (Å²) in [6.07, 6.45) is -0.408. The molecule has 1 aromatic rings. The molecule has 0 unspecified atom stereocenters. The largest absolute Gasteiger partial charge is 0.434 e. The lowest BCUT2D eigenvalue weighted by Gasteiger charge is -2.34. The molecule has 1 heterocycles. The number of benzene rings is 1. The Hall–Kier alpha value is -1.29. The minimum absolute atomic E-state index is 0.0473. The lowest BCUT2D eigenvalue weighted by Crippen LogP contribution is -2.51. The third-order valence-corrected chi connectivity index (χ3v) is 4.85. The van der Waals surface area contributed by atoms with Gasteiger partial charge in [0, 0.05) is 25.2 Å². The summed E-state index contributed by atoms with van der Waals surface area (Å²) in [5.41, 5.74) is 0.339. The molecule has 1 N–H and O–H groups in total. The number of halogens is 2. The number of morpholine rings is 1. The minimum Gasteiger partial charge on any atom is -0.434 e. The van der Waals surface area contributed by atoms with Crippen molar-refractivity contribution in [2.75, 3.05) is 13.1 Å². The van der Waals surface area contributed by atoms with Crippen LogP contribution in [0.2, 0.25) is 0 Å². The molecule has 2 atom stereocenters. The fourth-order valence-electron chi connectivity index (χ4n) is 2.45. The average molecular weight is 350 g/mol. The highest BCUT2D eigenvalue weighted by atomic mass is 32.2. The Morgan fingerprint density at radius 2 is 1.91 bits per heavy atom. The van der Waals surface area contributed by atoms with Gasteiger partial charge in [-0.1, -0.05) is 18.2 Å². The summed E-state index contributed by atoms with van der Waals surface area (Å²) in [6.45, 7) is 0.983. The molecule has 1 aliphatic rings. The zero-order chi connectivity index (χ0) is 17.0. The molecular weight excluding hydrogens is 330 g/mol. The Kier molecular flexibility index (Phi) is 5.90. The zero-order valence-corrected chi connectivity index (χ0v) is 13.7. The fourth-order valence-corrected chi connectivity index (χ4v) is 3.78. The second-order valence-corrected chi connectivity index (χ2v) is 7.14. The van der Waals surface area contributed by atoms with E-state index >= 15 is 0 Å². The van der Waals surface area contributed by atoms with Crippen molar-refractivity contribution in [1.82, 2.24) is 9.03 Å². The quantitative estimate of drug-likeness (QED) is 0.848. The maximum atomic E-state index is 12.4. The van der Waals surface area contributed by atoms with Gasteiger partial charge < -0.3 is 9.47 Å². The van der Waals surface area contributed by atoms with Crippen molar-refractivity contribution < 1.29 is 26.7 Å². The number of hydrogen-bond donors (Lipinski definition) is 1. The highest BCUT2D eigenvalue weighted by Gasteiger charge is 2.30. The normalized spacial score (nSPS) is 23.2. The van der Waals surface area contributed by atoms with Gasteiger partial charge in [-0.25, -0.2) is 0 Å². The zero-order valence-electron chi connectivity index (χ0n) is 12.9. The van der Waals surface area contributed by atoms with E-state index in [2.05, 4.69) is 9.46 Å². The van der Waals surface area contributed by atoms with E-state index in [0.717, 1.165) is 0 Å². The van der Waals surface area contributed by atoms with Crippen molar-refractivity contribution in [3.05, 3.63) is 29.8 Å². The van der Waals surface area contributed by atoms with Gasteiger partial charge in [0.25, 0.3) is 10.2 Å². The first kappa shape index (κ1) is 18.1. The van der Waals surface area contributed by atoms with Crippen LogP contribution in [0, 0.1) is 0 Å². The lowest BCUT2D eigenvalue weighted by molar-refractivity contribution is -0.0505. The first-order chi connectivity index (χ1) is 10.8. The number of ether oxygens (including phenoxy) is 2. The van der Waals surface area contributed by atoms with Crippen molar-refractivity contribution in [3.8, 4) is 5.75 Å². The van der Waals surface area contributed by atoms with Gasteiger partial charge in [-0.2, -0.15) is 26.2 Å². The van der Waals surface area contributed by atoms with Gasteiger partial charge in [-0.3, -0.25) is 0 Å². The van der Waals surface area contributed by atoms with Crippen molar-refractivity contribution in [1.29, 1.82) is 0 Å². The fraction of sp³-hybridized carbons (Fsp3) is 0.571. The molecule has 9 heteroatoms. The van der Waals surface area contributed by atoms with Crippen molar-refractivity contribution in [2.24, 2.45) is 0 Å². The van der Waals surface area contributed by atoms with E-state index in [-0.39, 0.29) is 37.6 Å². The Labute approximate surface area is 134 Å². The van der Waals surface area contributed by atoms with Crippen LogP contribution < -0.4 is 9.46 Å². The van der Waals surface area contributed by atoms with Gasteiger partial charge in [0.1, 0.15) is 5.75 Å². The summed E-state index contributed by atoms with van der Waals surface area (Å²) in [7, 11) is -3.73. The molecular formula is C14H20F2N2O4S. The van der Waals surface area contributed by atoms with Crippen LogP contribution >= 0.6 is 0 Å². The van der Waals surface area contributed by atoms with E-state index in [0.29, 0.717) is 5.56 Å². The minimum atomic E-state index is -3.73. The molecule has 0 spiro atoms. The van der Waals surface area contributed by atoms with Crippen LogP contribution in [0.1, 0.15) is 19.4 Å². The van der Waals surface area contributed by atoms with Gasteiger partial charge in [-0.05, 0) is 19.9 Å². The predicted octanol–water partition coefficient (Wildman–Crippen LogP) is 1.73. The number of hydrogen-bond acceptors (Lipinski definition) is 4. The van der Waals surface area contributed by atoms with Crippen LogP contribution in [-0.2, 0) is 21.5 Å². The molecule has 0 radical (unpaired) electrons. The molecule has 1 fully saturated rings. The van der Waals surface area contributed by atoms with Crippen LogP contribution in [0.25, 0.3) is 0 Å². The van der Waals surface area contributed by atoms with Crippen LogP contribution in [0.4, 0.5) is 8.78 Å².